The van der Waals surface area contributed by atoms with Gasteiger partial charge in [0.15, 0.2) is 11.6 Å². The van der Waals surface area contributed by atoms with Gasteiger partial charge in [-0.2, -0.15) is 4.98 Å². The highest BCUT2D eigenvalue weighted by Crippen LogP contribution is 2.33. The van der Waals surface area contributed by atoms with Crippen molar-refractivity contribution in [1.82, 2.24) is 4.98 Å². The van der Waals surface area contributed by atoms with Crippen LogP contribution in [0.3, 0.4) is 0 Å². The quantitative estimate of drug-likeness (QED) is 0.256. The molecule has 5 N–H and O–H groups in total. The highest BCUT2D eigenvalue weighted by molar-refractivity contribution is 5.95. The SMILES string of the molecule is Cc1c(F)c(Oc2cccc([13CH2][15NH2])c2)nc(Oc2cccc([13C](=[15NH])[15NH2])c2)c1F. The van der Waals surface area contributed by atoms with E-state index in [1.165, 1.54) is 19.1 Å². The standard InChI is InChI=1S/C20H18F2N4O2/c1-11-16(21)19(27-14-6-2-4-12(8-14)10-23)26-20(17(11)22)28-15-7-3-5-13(9-15)18(24)25/h2-9H,10,23H2,1H3,(H3,24,25)/i10+1,18+1,23+1,24+1,25+1. The van der Waals surface area contributed by atoms with E-state index < -0.39 is 23.4 Å². The van der Waals surface area contributed by atoms with E-state index in [1.54, 1.807) is 36.4 Å². The fourth-order valence-corrected chi connectivity index (χ4v) is 2.43. The Morgan fingerprint density at radius 1 is 1.00 bits per heavy atom. The summed E-state index contributed by atoms with van der Waals surface area (Å²) in [5.74, 6) is -2.42. The van der Waals surface area contributed by atoms with Gasteiger partial charge >= 0.3 is 0 Å². The van der Waals surface area contributed by atoms with E-state index in [-0.39, 0.29) is 23.7 Å². The highest BCUT2D eigenvalue weighted by Gasteiger charge is 2.21. The molecule has 0 radical (unpaired) electrons. The molecule has 0 amide bonds. The Bertz CT molecular complexity index is 1040. The van der Waals surface area contributed by atoms with Crippen LogP contribution in [0.4, 0.5) is 8.78 Å². The first-order valence-corrected chi connectivity index (χ1v) is 8.33. The minimum absolute atomic E-state index is 0.169. The predicted molar refractivity (Wildman–Crippen MR) is 101 cm³/mol. The zero-order chi connectivity index (χ0) is 20.3. The van der Waals surface area contributed by atoms with Crippen LogP contribution >= 0.6 is 0 Å². The first-order chi connectivity index (χ1) is 13.4. The lowest BCUT2D eigenvalue weighted by Gasteiger charge is -2.13. The van der Waals surface area contributed by atoms with Crippen LogP contribution in [0.5, 0.6) is 23.3 Å². The molecular formula is C20H18F2N4O2. The van der Waals surface area contributed by atoms with Gasteiger partial charge in [0, 0.05) is 17.7 Å². The Labute approximate surface area is 160 Å². The number of hydrogen-bond acceptors (Lipinski definition) is 5. The van der Waals surface area contributed by atoms with Gasteiger partial charge in [-0.15, -0.1) is 0 Å². The van der Waals surface area contributed by atoms with E-state index >= 15 is 0 Å². The fourth-order valence-electron chi connectivity index (χ4n) is 2.43. The molecule has 6 nitrogen and oxygen atoms in total. The molecule has 0 aliphatic rings. The largest absolute Gasteiger partial charge is 0.436 e. The number of aromatic nitrogens is 1. The van der Waals surface area contributed by atoms with Gasteiger partial charge in [0.25, 0.3) is 11.8 Å². The number of pyridine rings is 1. The normalized spacial score (nSPS) is 10.6. The third kappa shape index (κ3) is 4.07. The molecule has 0 aliphatic heterocycles. The highest BCUT2D eigenvalue weighted by atomic mass is 19.1. The summed E-state index contributed by atoms with van der Waals surface area (Å²) in [6, 6.07) is 12.9. The lowest BCUT2D eigenvalue weighted by molar-refractivity contribution is 0.372. The molecule has 0 saturated carbocycles. The van der Waals surface area contributed by atoms with Gasteiger partial charge in [-0.05, 0) is 36.8 Å². The summed E-state index contributed by atoms with van der Waals surface area (Å²) in [6.07, 6.45) is 0. The van der Waals surface area contributed by atoms with Gasteiger partial charge in [0.1, 0.15) is 17.3 Å². The molecule has 1 aromatic heterocycles. The van der Waals surface area contributed by atoms with E-state index in [4.69, 9.17) is 26.4 Å². The number of nitrogens with zero attached hydrogens (tertiary/aromatic N) is 1. The van der Waals surface area contributed by atoms with Crippen LogP contribution in [0.1, 0.15) is 16.7 Å². The van der Waals surface area contributed by atoms with Crippen LogP contribution in [0.25, 0.3) is 0 Å². The number of halogens is 2. The van der Waals surface area contributed by atoms with Crippen molar-refractivity contribution in [2.75, 3.05) is 0 Å². The first kappa shape index (κ1) is 19.2. The van der Waals surface area contributed by atoms with Crippen molar-refractivity contribution in [3.05, 3.63) is 76.9 Å². The number of amidine groups is 1. The third-order valence-corrected chi connectivity index (χ3v) is 3.95. The summed E-state index contributed by atoms with van der Waals surface area (Å²) in [6.45, 7) is 1.55. The van der Waals surface area contributed by atoms with Crippen molar-refractivity contribution in [2.45, 2.75) is 13.5 Å². The van der Waals surface area contributed by atoms with Crippen LogP contribution < -0.4 is 20.9 Å². The summed E-state index contributed by atoms with van der Waals surface area (Å²) in [5.41, 5.74) is 11.9. The van der Waals surface area contributed by atoms with Crippen LogP contribution in [0.15, 0.2) is 48.5 Å². The summed E-state index contributed by atoms with van der Waals surface area (Å²) in [5, 5.41) is 7.46. The van der Waals surface area contributed by atoms with Crippen LogP contribution in [0.2, 0.25) is 0 Å². The van der Waals surface area contributed by atoms with Gasteiger partial charge in [0.05, 0.1) is 0 Å². The molecule has 0 saturated heterocycles. The second-order valence-electron chi connectivity index (χ2n) is 5.97. The number of nitrogen functional groups attached to an aromatic ring is 1. The van der Waals surface area contributed by atoms with Gasteiger partial charge in [-0.1, -0.05) is 24.3 Å². The van der Waals surface area contributed by atoms with E-state index in [1.807, 2.05) is 0 Å². The van der Waals surface area contributed by atoms with E-state index in [0.29, 0.717) is 11.3 Å². The molecule has 1 heterocycles. The molecule has 3 rings (SSSR count). The molecule has 0 aliphatic carbocycles. The second-order valence-corrected chi connectivity index (χ2v) is 5.97. The maximum Gasteiger partial charge on any atom is 0.259 e. The number of rotatable bonds is 6. The van der Waals surface area contributed by atoms with Crippen LogP contribution in [-0.2, 0) is 6.54 Å². The van der Waals surface area contributed by atoms with Crippen LogP contribution in [0, 0.1) is 24.0 Å². The van der Waals surface area contributed by atoms with Crippen molar-refractivity contribution >= 4 is 5.84 Å². The zero-order valence-electron chi connectivity index (χ0n) is 15.0. The number of ether oxygens (including phenoxy) is 2. The lowest BCUT2D eigenvalue weighted by atomic mass is 10.2. The number of benzene rings is 2. The Kier molecular flexibility index (Phi) is 5.51. The maximum atomic E-state index is 14.5. The molecule has 2 aromatic carbocycles. The summed E-state index contributed by atoms with van der Waals surface area (Å²) in [4.78, 5) is 3.84. The van der Waals surface area contributed by atoms with E-state index in [2.05, 4.69) is 4.98 Å². The average molecular weight is 389 g/mol. The Morgan fingerprint density at radius 3 is 2.14 bits per heavy atom. The zero-order valence-corrected chi connectivity index (χ0v) is 15.0. The lowest BCUT2D eigenvalue weighted by Crippen LogP contribution is -2.10. The van der Waals surface area contributed by atoms with Crippen LogP contribution in [-0.4, -0.2) is 10.8 Å². The molecule has 144 valence electrons. The van der Waals surface area contributed by atoms with Gasteiger partial charge in [0.2, 0.25) is 0 Å². The Balaban J connectivity index is 1.96. The third-order valence-electron chi connectivity index (χ3n) is 3.95. The van der Waals surface area contributed by atoms with Gasteiger partial charge in [-0.3, -0.25) is 5.41 Å². The first-order valence-electron chi connectivity index (χ1n) is 8.33. The molecule has 0 fully saturated rings. The molecular weight excluding hydrogens is 371 g/mol. The minimum atomic E-state index is -0.950. The molecule has 0 spiro atoms. The topological polar surface area (TPSA) is 107 Å². The van der Waals surface area contributed by atoms with E-state index in [0.717, 1.165) is 5.56 Å². The molecule has 28 heavy (non-hydrogen) atoms. The van der Waals surface area contributed by atoms with Crippen molar-refractivity contribution in [3.8, 4) is 23.3 Å². The molecule has 8 heteroatoms. The average Bonchev–Trinajstić information content (AvgIpc) is 2.70. The monoisotopic (exact) mass is 389 g/mol. The number of nitrogens with two attached hydrogens (primary N) is 2. The van der Waals surface area contributed by atoms with Crippen molar-refractivity contribution in [2.24, 2.45) is 11.5 Å². The summed E-state index contributed by atoms with van der Waals surface area (Å²) >= 11 is 0. The number of hydrogen-bond donors (Lipinski definition) is 3. The minimum Gasteiger partial charge on any atom is -0.436 e. The second kappa shape index (κ2) is 8.01. The van der Waals surface area contributed by atoms with Crippen molar-refractivity contribution in [1.29, 1.82) is 5.41 Å². The van der Waals surface area contributed by atoms with Crippen molar-refractivity contribution < 1.29 is 18.3 Å². The molecule has 0 unspecified atom stereocenters. The Morgan fingerprint density at radius 2 is 1.57 bits per heavy atom. The van der Waals surface area contributed by atoms with Crippen molar-refractivity contribution in [3.63, 3.8) is 0 Å². The van der Waals surface area contributed by atoms with Gasteiger partial charge < -0.3 is 20.9 Å². The maximum absolute atomic E-state index is 14.5. The smallest absolute Gasteiger partial charge is 0.259 e. The predicted octanol–water partition coefficient (Wildman–Crippen LogP) is 4.00. The molecule has 0 bridgehead atoms. The van der Waals surface area contributed by atoms with E-state index in [9.17, 15) is 8.78 Å². The summed E-state index contributed by atoms with van der Waals surface area (Å²) in [7, 11) is 0. The summed E-state index contributed by atoms with van der Waals surface area (Å²) < 4.78 is 39.9. The molecule has 3 aromatic rings. The molecule has 0 atom stereocenters. The Hall–Kier alpha value is -3.52. The fraction of sp³-hybridized carbons (Fsp3) is 0.100. The number of nitrogens with one attached hydrogen (secondary N) is 1. The van der Waals surface area contributed by atoms with Gasteiger partial charge in [-0.25, -0.2) is 8.78 Å².